The van der Waals surface area contributed by atoms with Crippen molar-refractivity contribution >= 4 is 45.9 Å². The van der Waals surface area contributed by atoms with E-state index in [1.807, 2.05) is 6.07 Å². The van der Waals surface area contributed by atoms with Crippen LogP contribution in [-0.2, 0) is 5.33 Å². The van der Waals surface area contributed by atoms with Crippen LogP contribution in [0.25, 0.3) is 0 Å². The summed E-state index contributed by atoms with van der Waals surface area (Å²) in [6.07, 6.45) is 0. The molecular formula is C10H10BrClOS. The lowest BCUT2D eigenvalue weighted by molar-refractivity contribution is 0.0991. The Bertz CT molecular complexity index is 352. The van der Waals surface area contributed by atoms with Crippen LogP contribution in [0.3, 0.4) is 0 Å². The number of rotatable bonds is 3. The molecule has 0 amide bonds. The first-order valence-corrected chi connectivity index (χ1v) is 6.13. The maximum absolute atomic E-state index is 11.5. The average Bonchev–Trinajstić information content (AvgIpc) is 2.16. The lowest BCUT2D eigenvalue weighted by atomic mass is 10.1. The van der Waals surface area contributed by atoms with Crippen LogP contribution in [0.1, 0.15) is 22.8 Å². The van der Waals surface area contributed by atoms with Crippen molar-refractivity contribution in [2.24, 2.45) is 0 Å². The van der Waals surface area contributed by atoms with Gasteiger partial charge in [-0.1, -0.05) is 28.1 Å². The standard InChI is InChI=1S/C10H10BrClOS/c1-6(12)10(13)7-2-3-8(5-11)9(14)4-7/h2-4,6,14H,5H2,1H3. The van der Waals surface area contributed by atoms with Crippen LogP contribution in [0.4, 0.5) is 0 Å². The lowest BCUT2D eigenvalue weighted by Crippen LogP contribution is -2.10. The number of hydrogen-bond acceptors (Lipinski definition) is 2. The second-order valence-electron chi connectivity index (χ2n) is 2.96. The van der Waals surface area contributed by atoms with Crippen molar-refractivity contribution < 1.29 is 4.79 Å². The molecule has 1 nitrogen and oxygen atoms in total. The molecule has 4 heteroatoms. The Hall–Kier alpha value is 0.01000. The van der Waals surface area contributed by atoms with Crippen molar-refractivity contribution in [2.45, 2.75) is 22.5 Å². The number of thiol groups is 1. The highest BCUT2D eigenvalue weighted by atomic mass is 79.9. The summed E-state index contributed by atoms with van der Waals surface area (Å²) in [7, 11) is 0. The predicted molar refractivity (Wildman–Crippen MR) is 66.0 cm³/mol. The van der Waals surface area contributed by atoms with Crippen LogP contribution in [0.5, 0.6) is 0 Å². The van der Waals surface area contributed by atoms with E-state index in [9.17, 15) is 4.79 Å². The highest BCUT2D eigenvalue weighted by Gasteiger charge is 2.12. The Morgan fingerprint density at radius 1 is 1.64 bits per heavy atom. The molecule has 0 N–H and O–H groups in total. The molecule has 1 aromatic carbocycles. The summed E-state index contributed by atoms with van der Waals surface area (Å²) in [5.41, 5.74) is 1.68. The molecule has 0 fully saturated rings. The van der Waals surface area contributed by atoms with E-state index in [-0.39, 0.29) is 5.78 Å². The third-order valence-electron chi connectivity index (χ3n) is 1.88. The van der Waals surface area contributed by atoms with Crippen LogP contribution in [-0.4, -0.2) is 11.2 Å². The molecular weight excluding hydrogens is 284 g/mol. The van der Waals surface area contributed by atoms with Crippen LogP contribution >= 0.6 is 40.2 Å². The summed E-state index contributed by atoms with van der Waals surface area (Å²) in [5, 5.41) is 0.244. The highest BCUT2D eigenvalue weighted by molar-refractivity contribution is 9.08. The van der Waals surface area contributed by atoms with Gasteiger partial charge in [-0.15, -0.1) is 24.2 Å². The van der Waals surface area contributed by atoms with Gasteiger partial charge in [0.25, 0.3) is 0 Å². The number of alkyl halides is 2. The largest absolute Gasteiger partial charge is 0.293 e. The zero-order chi connectivity index (χ0) is 10.7. The third kappa shape index (κ3) is 2.75. The molecule has 0 saturated heterocycles. The summed E-state index contributed by atoms with van der Waals surface area (Å²) in [4.78, 5) is 12.3. The van der Waals surface area contributed by atoms with E-state index < -0.39 is 5.38 Å². The number of hydrogen-bond donors (Lipinski definition) is 1. The molecule has 0 bridgehead atoms. The molecule has 14 heavy (non-hydrogen) atoms. The topological polar surface area (TPSA) is 17.1 Å². The summed E-state index contributed by atoms with van der Waals surface area (Å²) >= 11 is 13.3. The Balaban J connectivity index is 3.03. The first kappa shape index (κ1) is 12.1. The van der Waals surface area contributed by atoms with E-state index in [1.165, 1.54) is 0 Å². The molecule has 0 aromatic heterocycles. The molecule has 0 saturated carbocycles. The summed E-state index contributed by atoms with van der Waals surface area (Å²) in [6.45, 7) is 1.67. The average molecular weight is 294 g/mol. The predicted octanol–water partition coefficient (Wildman–Crippen LogP) is 3.68. The number of ketones is 1. The summed E-state index contributed by atoms with van der Waals surface area (Å²) in [5.74, 6) is -0.0666. The second-order valence-corrected chi connectivity index (χ2v) is 4.65. The van der Waals surface area contributed by atoms with Crippen molar-refractivity contribution in [1.29, 1.82) is 0 Å². The maximum atomic E-state index is 11.5. The Labute approximate surface area is 102 Å². The number of halogens is 2. The van der Waals surface area contributed by atoms with Gasteiger partial charge in [0.05, 0.1) is 5.38 Å². The van der Waals surface area contributed by atoms with Gasteiger partial charge in [-0.3, -0.25) is 4.79 Å². The van der Waals surface area contributed by atoms with Gasteiger partial charge in [0.1, 0.15) is 0 Å². The molecule has 0 aliphatic carbocycles. The fourth-order valence-electron chi connectivity index (χ4n) is 1.06. The first-order chi connectivity index (χ1) is 6.56. The molecule has 1 rings (SSSR count). The first-order valence-electron chi connectivity index (χ1n) is 4.12. The Kier molecular flexibility index (Phi) is 4.48. The van der Waals surface area contributed by atoms with Gasteiger partial charge < -0.3 is 0 Å². The maximum Gasteiger partial charge on any atom is 0.180 e. The normalized spacial score (nSPS) is 12.6. The summed E-state index contributed by atoms with van der Waals surface area (Å²) in [6, 6.07) is 5.40. The molecule has 0 spiro atoms. The van der Waals surface area contributed by atoms with E-state index in [2.05, 4.69) is 28.6 Å². The fraction of sp³-hybridized carbons (Fsp3) is 0.300. The van der Waals surface area contributed by atoms with Gasteiger partial charge in [0.15, 0.2) is 5.78 Å². The SMILES string of the molecule is CC(Cl)C(=O)c1ccc(CBr)c(S)c1. The molecule has 0 aliphatic heterocycles. The van der Waals surface area contributed by atoms with Crippen molar-refractivity contribution in [3.8, 4) is 0 Å². The van der Waals surface area contributed by atoms with E-state index >= 15 is 0 Å². The minimum atomic E-state index is -0.488. The number of carbonyl (C=O) groups excluding carboxylic acids is 1. The van der Waals surface area contributed by atoms with Crippen molar-refractivity contribution in [3.63, 3.8) is 0 Å². The van der Waals surface area contributed by atoms with Gasteiger partial charge in [-0.2, -0.15) is 0 Å². The number of carbonyl (C=O) groups is 1. The summed E-state index contributed by atoms with van der Waals surface area (Å²) < 4.78 is 0. The smallest absolute Gasteiger partial charge is 0.180 e. The van der Waals surface area contributed by atoms with Crippen LogP contribution in [0.15, 0.2) is 23.1 Å². The van der Waals surface area contributed by atoms with E-state index in [0.717, 1.165) is 15.8 Å². The molecule has 0 heterocycles. The van der Waals surface area contributed by atoms with Gasteiger partial charge in [-0.05, 0) is 18.6 Å². The van der Waals surface area contributed by atoms with Gasteiger partial charge in [0, 0.05) is 15.8 Å². The zero-order valence-corrected chi connectivity index (χ0v) is 10.9. The molecule has 1 atom stereocenters. The third-order valence-corrected chi connectivity index (χ3v) is 3.09. The van der Waals surface area contributed by atoms with E-state index in [4.69, 9.17) is 11.6 Å². The number of benzene rings is 1. The molecule has 1 aromatic rings. The fourth-order valence-corrected chi connectivity index (χ4v) is 2.18. The van der Waals surface area contributed by atoms with Crippen LogP contribution < -0.4 is 0 Å². The lowest BCUT2D eigenvalue weighted by Gasteiger charge is -2.06. The Morgan fingerprint density at radius 3 is 2.71 bits per heavy atom. The van der Waals surface area contributed by atoms with Crippen molar-refractivity contribution in [1.82, 2.24) is 0 Å². The van der Waals surface area contributed by atoms with Crippen LogP contribution in [0.2, 0.25) is 0 Å². The molecule has 76 valence electrons. The van der Waals surface area contributed by atoms with E-state index in [1.54, 1.807) is 19.1 Å². The minimum absolute atomic E-state index is 0.0666. The van der Waals surface area contributed by atoms with Gasteiger partial charge in [0.2, 0.25) is 0 Å². The number of Topliss-reactive ketones (excluding diaryl/α,β-unsaturated/α-hetero) is 1. The highest BCUT2D eigenvalue weighted by Crippen LogP contribution is 2.20. The molecule has 0 aliphatic rings. The molecule has 1 unspecified atom stereocenters. The van der Waals surface area contributed by atoms with Crippen molar-refractivity contribution in [2.75, 3.05) is 0 Å². The van der Waals surface area contributed by atoms with Gasteiger partial charge in [-0.25, -0.2) is 0 Å². The quantitative estimate of drug-likeness (QED) is 0.511. The van der Waals surface area contributed by atoms with E-state index in [0.29, 0.717) is 5.56 Å². The van der Waals surface area contributed by atoms with Crippen molar-refractivity contribution in [3.05, 3.63) is 29.3 Å². The second kappa shape index (κ2) is 5.19. The minimum Gasteiger partial charge on any atom is -0.293 e. The van der Waals surface area contributed by atoms with Gasteiger partial charge >= 0.3 is 0 Å². The van der Waals surface area contributed by atoms with Crippen LogP contribution in [0, 0.1) is 0 Å². The zero-order valence-electron chi connectivity index (χ0n) is 7.63. The monoisotopic (exact) mass is 292 g/mol. The molecule has 0 radical (unpaired) electrons. The Morgan fingerprint density at radius 2 is 2.29 bits per heavy atom.